The van der Waals surface area contributed by atoms with Gasteiger partial charge in [-0.15, -0.1) is 0 Å². The molecule has 0 radical (unpaired) electrons. The highest BCUT2D eigenvalue weighted by atomic mass is 16.3. The van der Waals surface area contributed by atoms with Crippen LogP contribution in [0.3, 0.4) is 0 Å². The zero-order valence-corrected chi connectivity index (χ0v) is 12.1. The third-order valence-corrected chi connectivity index (χ3v) is 5.00. The van der Waals surface area contributed by atoms with Gasteiger partial charge in [-0.3, -0.25) is 4.90 Å². The summed E-state index contributed by atoms with van der Waals surface area (Å²) in [6.07, 6.45) is 7.31. The molecule has 1 aliphatic heterocycles. The molecule has 106 valence electrons. The van der Waals surface area contributed by atoms with Gasteiger partial charge in [0.1, 0.15) is 0 Å². The second kappa shape index (κ2) is 6.88. The molecule has 0 bridgehead atoms. The lowest BCUT2D eigenvalue weighted by Crippen LogP contribution is -2.47. The number of aliphatic hydroxyl groups is 1. The molecule has 1 heterocycles. The Kier molecular flexibility index (Phi) is 5.46. The quantitative estimate of drug-likeness (QED) is 0.812. The lowest BCUT2D eigenvalue weighted by Gasteiger charge is -2.39. The van der Waals surface area contributed by atoms with Gasteiger partial charge < -0.3 is 10.0 Å². The van der Waals surface area contributed by atoms with Gasteiger partial charge in [0.25, 0.3) is 0 Å². The number of likely N-dealkylation sites (tertiary alicyclic amines) is 1. The molecule has 0 amide bonds. The first-order chi connectivity index (χ1) is 8.70. The van der Waals surface area contributed by atoms with Gasteiger partial charge in [-0.2, -0.15) is 0 Å². The number of likely N-dealkylation sites (N-methyl/N-ethyl adjacent to an activating group) is 1. The first-order valence-electron chi connectivity index (χ1n) is 7.81. The van der Waals surface area contributed by atoms with Crippen molar-refractivity contribution in [2.45, 2.75) is 57.6 Å². The van der Waals surface area contributed by atoms with E-state index in [0.717, 1.165) is 18.9 Å². The Morgan fingerprint density at radius 2 is 1.94 bits per heavy atom. The van der Waals surface area contributed by atoms with Crippen molar-refractivity contribution in [1.82, 2.24) is 9.80 Å². The Morgan fingerprint density at radius 3 is 2.61 bits per heavy atom. The largest absolute Gasteiger partial charge is 0.391 e. The lowest BCUT2D eigenvalue weighted by molar-refractivity contribution is 0.0111. The van der Waals surface area contributed by atoms with Crippen molar-refractivity contribution in [3.8, 4) is 0 Å². The zero-order valence-electron chi connectivity index (χ0n) is 12.1. The van der Waals surface area contributed by atoms with Gasteiger partial charge in [0, 0.05) is 19.1 Å². The van der Waals surface area contributed by atoms with Crippen LogP contribution < -0.4 is 0 Å². The Balaban J connectivity index is 1.76. The molecule has 3 atom stereocenters. The van der Waals surface area contributed by atoms with Gasteiger partial charge in [-0.25, -0.2) is 0 Å². The molecule has 0 aromatic heterocycles. The van der Waals surface area contributed by atoms with E-state index in [0.29, 0.717) is 6.04 Å². The highest BCUT2D eigenvalue weighted by Gasteiger charge is 2.31. The highest BCUT2D eigenvalue weighted by Crippen LogP contribution is 2.29. The predicted octanol–water partition coefficient (Wildman–Crippen LogP) is 1.95. The second-order valence-electron chi connectivity index (χ2n) is 6.25. The number of rotatable bonds is 5. The summed E-state index contributed by atoms with van der Waals surface area (Å²) in [5.41, 5.74) is 0. The molecule has 2 fully saturated rings. The fraction of sp³-hybridized carbons (Fsp3) is 1.00. The smallest absolute Gasteiger partial charge is 0.0695 e. The molecule has 0 aromatic rings. The monoisotopic (exact) mass is 254 g/mol. The molecular formula is C15H30N2O. The van der Waals surface area contributed by atoms with E-state index in [9.17, 15) is 5.11 Å². The van der Waals surface area contributed by atoms with Crippen LogP contribution >= 0.6 is 0 Å². The summed E-state index contributed by atoms with van der Waals surface area (Å²) in [4.78, 5) is 4.97. The van der Waals surface area contributed by atoms with Crippen LogP contribution in [0.5, 0.6) is 0 Å². The maximum atomic E-state index is 10.2. The van der Waals surface area contributed by atoms with E-state index in [2.05, 4.69) is 23.8 Å². The number of hydrogen-bond acceptors (Lipinski definition) is 3. The van der Waals surface area contributed by atoms with Crippen molar-refractivity contribution in [3.63, 3.8) is 0 Å². The summed E-state index contributed by atoms with van der Waals surface area (Å²) in [7, 11) is 2.20. The second-order valence-corrected chi connectivity index (χ2v) is 6.25. The molecule has 1 saturated carbocycles. The molecule has 1 aliphatic carbocycles. The van der Waals surface area contributed by atoms with E-state index in [4.69, 9.17) is 0 Å². The van der Waals surface area contributed by atoms with Crippen LogP contribution in [0.15, 0.2) is 0 Å². The van der Waals surface area contributed by atoms with Crippen LogP contribution in [0.1, 0.15) is 45.4 Å². The van der Waals surface area contributed by atoms with Gasteiger partial charge in [0.05, 0.1) is 6.10 Å². The van der Waals surface area contributed by atoms with Crippen molar-refractivity contribution >= 4 is 0 Å². The van der Waals surface area contributed by atoms with Crippen molar-refractivity contribution in [2.24, 2.45) is 5.92 Å². The topological polar surface area (TPSA) is 26.7 Å². The van der Waals surface area contributed by atoms with Crippen molar-refractivity contribution < 1.29 is 5.11 Å². The van der Waals surface area contributed by atoms with Gasteiger partial charge >= 0.3 is 0 Å². The molecular weight excluding hydrogens is 224 g/mol. The normalized spacial score (nSPS) is 34.3. The number of aliphatic hydroxyl groups excluding tert-OH is 1. The molecule has 1 saturated heterocycles. The molecule has 0 aromatic carbocycles. The minimum atomic E-state index is -0.101. The molecule has 2 rings (SSSR count). The van der Waals surface area contributed by atoms with Gasteiger partial charge in [-0.05, 0) is 58.2 Å². The van der Waals surface area contributed by atoms with Crippen molar-refractivity contribution in [1.29, 1.82) is 0 Å². The van der Waals surface area contributed by atoms with E-state index in [1.54, 1.807) is 0 Å². The predicted molar refractivity (Wildman–Crippen MR) is 75.7 cm³/mol. The molecule has 2 aliphatic rings. The van der Waals surface area contributed by atoms with Crippen LogP contribution in [-0.2, 0) is 0 Å². The molecule has 0 spiro atoms. The molecule has 3 unspecified atom stereocenters. The zero-order chi connectivity index (χ0) is 13.0. The highest BCUT2D eigenvalue weighted by molar-refractivity contribution is 4.85. The molecule has 1 N–H and O–H groups in total. The number of nitrogens with zero attached hydrogens (tertiary/aromatic N) is 2. The third-order valence-electron chi connectivity index (χ3n) is 5.00. The summed E-state index contributed by atoms with van der Waals surface area (Å²) >= 11 is 0. The van der Waals surface area contributed by atoms with E-state index in [1.165, 1.54) is 51.7 Å². The summed E-state index contributed by atoms with van der Waals surface area (Å²) in [6.45, 7) is 7.12. The van der Waals surface area contributed by atoms with Gasteiger partial charge in [0.15, 0.2) is 0 Å². The fourth-order valence-corrected chi connectivity index (χ4v) is 3.53. The average Bonchev–Trinajstić information content (AvgIpc) is 2.89. The van der Waals surface area contributed by atoms with Crippen LogP contribution in [-0.4, -0.2) is 60.3 Å². The molecule has 3 nitrogen and oxygen atoms in total. The summed E-state index contributed by atoms with van der Waals surface area (Å²) in [5, 5.41) is 10.2. The Morgan fingerprint density at radius 1 is 1.22 bits per heavy atom. The fourth-order valence-electron chi connectivity index (χ4n) is 3.53. The molecule has 18 heavy (non-hydrogen) atoms. The lowest BCUT2D eigenvalue weighted by atomic mass is 9.82. The summed E-state index contributed by atoms with van der Waals surface area (Å²) in [5.74, 6) is 0.827. The number of hydrogen-bond donors (Lipinski definition) is 1. The SMILES string of the molecule is CCC1CCC(O)C(N(C)CCN2CCCC2)C1. The van der Waals surface area contributed by atoms with Crippen molar-refractivity contribution in [2.75, 3.05) is 33.2 Å². The van der Waals surface area contributed by atoms with Gasteiger partial charge in [-0.1, -0.05) is 13.3 Å². The standard InChI is InChI=1S/C15H30N2O/c1-3-13-6-7-15(18)14(12-13)16(2)10-11-17-8-4-5-9-17/h13-15,18H,3-12H2,1-2H3. The summed E-state index contributed by atoms with van der Waals surface area (Å²) in [6, 6.07) is 0.395. The minimum Gasteiger partial charge on any atom is -0.391 e. The van der Waals surface area contributed by atoms with Crippen LogP contribution in [0, 0.1) is 5.92 Å². The maximum absolute atomic E-state index is 10.2. The Hall–Kier alpha value is -0.120. The first-order valence-corrected chi connectivity index (χ1v) is 7.81. The first kappa shape index (κ1) is 14.3. The van der Waals surface area contributed by atoms with E-state index >= 15 is 0 Å². The van der Waals surface area contributed by atoms with Crippen LogP contribution in [0.4, 0.5) is 0 Å². The maximum Gasteiger partial charge on any atom is 0.0695 e. The van der Waals surface area contributed by atoms with E-state index in [-0.39, 0.29) is 6.10 Å². The molecule has 3 heteroatoms. The van der Waals surface area contributed by atoms with E-state index < -0.39 is 0 Å². The van der Waals surface area contributed by atoms with E-state index in [1.807, 2.05) is 0 Å². The van der Waals surface area contributed by atoms with Crippen LogP contribution in [0.25, 0.3) is 0 Å². The third kappa shape index (κ3) is 3.69. The van der Waals surface area contributed by atoms with Gasteiger partial charge in [0.2, 0.25) is 0 Å². The Bertz CT molecular complexity index is 241. The Labute approximate surface area is 112 Å². The summed E-state index contributed by atoms with van der Waals surface area (Å²) < 4.78 is 0. The van der Waals surface area contributed by atoms with Crippen molar-refractivity contribution in [3.05, 3.63) is 0 Å². The average molecular weight is 254 g/mol. The van der Waals surface area contributed by atoms with Crippen LogP contribution in [0.2, 0.25) is 0 Å². The minimum absolute atomic E-state index is 0.101.